The van der Waals surface area contributed by atoms with Crippen molar-refractivity contribution >= 4 is 15.9 Å². The number of halogens is 1. The first-order valence-electron chi connectivity index (χ1n) is 7.00. The van der Waals surface area contributed by atoms with E-state index < -0.39 is 0 Å². The van der Waals surface area contributed by atoms with Gasteiger partial charge in [0.05, 0.1) is 17.4 Å². The summed E-state index contributed by atoms with van der Waals surface area (Å²) >= 11 is 3.55. The molecule has 0 aliphatic rings. The summed E-state index contributed by atoms with van der Waals surface area (Å²) in [6.45, 7) is 6.38. The molecule has 4 nitrogen and oxygen atoms in total. The third-order valence-corrected chi connectivity index (χ3v) is 3.94. The fraction of sp³-hybridized carbons (Fsp3) is 0.467. The highest BCUT2D eigenvalue weighted by molar-refractivity contribution is 9.10. The minimum atomic E-state index is 0.256. The van der Waals surface area contributed by atoms with Crippen LogP contribution in [0.5, 0.6) is 0 Å². The van der Waals surface area contributed by atoms with Gasteiger partial charge in [-0.25, -0.2) is 4.68 Å². The molecule has 0 bridgehead atoms. The first-order valence-corrected chi connectivity index (χ1v) is 7.79. The van der Waals surface area contributed by atoms with Gasteiger partial charge >= 0.3 is 0 Å². The maximum atomic E-state index is 4.40. The molecule has 0 saturated carbocycles. The summed E-state index contributed by atoms with van der Waals surface area (Å²) in [5, 5.41) is 12.1. The summed E-state index contributed by atoms with van der Waals surface area (Å²) in [7, 11) is 1.97. The molecule has 1 aromatic heterocycles. The molecule has 1 heterocycles. The average Bonchev–Trinajstić information content (AvgIpc) is 2.83. The summed E-state index contributed by atoms with van der Waals surface area (Å²) < 4.78 is 3.01. The van der Waals surface area contributed by atoms with Gasteiger partial charge < -0.3 is 5.32 Å². The van der Waals surface area contributed by atoms with Gasteiger partial charge in [0, 0.05) is 4.47 Å². The second-order valence-electron chi connectivity index (χ2n) is 4.92. The van der Waals surface area contributed by atoms with Crippen molar-refractivity contribution in [3.05, 3.63) is 39.6 Å². The van der Waals surface area contributed by atoms with E-state index in [2.05, 4.69) is 70.5 Å². The molecule has 1 atom stereocenters. The van der Waals surface area contributed by atoms with Crippen LogP contribution >= 0.6 is 15.9 Å². The van der Waals surface area contributed by atoms with Crippen LogP contribution in [0.25, 0.3) is 5.69 Å². The Morgan fingerprint density at radius 1 is 1.30 bits per heavy atom. The van der Waals surface area contributed by atoms with Crippen molar-refractivity contribution in [3.63, 3.8) is 0 Å². The summed E-state index contributed by atoms with van der Waals surface area (Å²) in [6, 6.07) is 6.55. The van der Waals surface area contributed by atoms with Crippen molar-refractivity contribution in [1.82, 2.24) is 20.3 Å². The normalized spacial score (nSPS) is 12.7. The van der Waals surface area contributed by atoms with Crippen molar-refractivity contribution in [3.8, 4) is 5.69 Å². The molecule has 2 aromatic rings. The third-order valence-electron chi connectivity index (χ3n) is 3.49. The number of rotatable bonds is 5. The third kappa shape index (κ3) is 2.94. The van der Waals surface area contributed by atoms with E-state index in [4.69, 9.17) is 0 Å². The molecule has 1 N–H and O–H groups in total. The highest BCUT2D eigenvalue weighted by Gasteiger charge is 2.19. The number of hydrogen-bond donors (Lipinski definition) is 1. The molecule has 1 aromatic carbocycles. The number of aryl methyl sites for hydroxylation is 1. The molecule has 108 valence electrons. The van der Waals surface area contributed by atoms with Crippen LogP contribution in [0, 0.1) is 6.92 Å². The number of aromatic nitrogens is 3. The Kier molecular flexibility index (Phi) is 4.94. The van der Waals surface area contributed by atoms with Crippen LogP contribution in [0.3, 0.4) is 0 Å². The van der Waals surface area contributed by atoms with Crippen molar-refractivity contribution in [2.45, 2.75) is 39.7 Å². The van der Waals surface area contributed by atoms with E-state index in [1.807, 2.05) is 11.7 Å². The Balaban J connectivity index is 2.52. The zero-order valence-electron chi connectivity index (χ0n) is 12.4. The number of nitrogens with zero attached hydrogens (tertiary/aromatic N) is 3. The van der Waals surface area contributed by atoms with Gasteiger partial charge in [-0.2, -0.15) is 0 Å². The molecule has 0 aliphatic carbocycles. The predicted molar refractivity (Wildman–Crippen MR) is 85.3 cm³/mol. The Hall–Kier alpha value is -1.20. The van der Waals surface area contributed by atoms with Crippen molar-refractivity contribution < 1.29 is 0 Å². The van der Waals surface area contributed by atoms with Crippen molar-refractivity contribution in [1.29, 1.82) is 0 Å². The number of nitrogens with one attached hydrogen (secondary N) is 1. The van der Waals surface area contributed by atoms with Crippen molar-refractivity contribution in [2.75, 3.05) is 7.05 Å². The van der Waals surface area contributed by atoms with Gasteiger partial charge in [0.2, 0.25) is 0 Å². The molecule has 0 amide bonds. The molecule has 5 heteroatoms. The molecule has 0 fully saturated rings. The molecule has 0 aliphatic heterocycles. The van der Waals surface area contributed by atoms with Crippen LogP contribution in [0.2, 0.25) is 0 Å². The van der Waals surface area contributed by atoms with Gasteiger partial charge in [-0.1, -0.05) is 35.0 Å². The van der Waals surface area contributed by atoms with E-state index in [9.17, 15) is 0 Å². The minimum Gasteiger partial charge on any atom is -0.312 e. The van der Waals surface area contributed by atoms with Crippen LogP contribution < -0.4 is 5.32 Å². The number of benzene rings is 1. The quantitative estimate of drug-likeness (QED) is 0.907. The second kappa shape index (κ2) is 6.50. The second-order valence-corrected chi connectivity index (χ2v) is 5.84. The van der Waals surface area contributed by atoms with Gasteiger partial charge in [-0.15, -0.1) is 5.10 Å². The van der Waals surface area contributed by atoms with E-state index in [1.165, 1.54) is 11.3 Å². The standard InChI is InChI=1S/C15H21BrN4/c1-5-13(17-4)15-14(6-2)20(19-18-15)12-8-10(3)7-11(16)9-12/h7-9,13,17H,5-6H2,1-4H3. The minimum absolute atomic E-state index is 0.256. The Bertz CT molecular complexity index is 567. The Labute approximate surface area is 128 Å². The van der Waals surface area contributed by atoms with Crippen molar-refractivity contribution in [2.24, 2.45) is 0 Å². The van der Waals surface area contributed by atoms with Crippen LogP contribution in [-0.4, -0.2) is 22.0 Å². The average molecular weight is 337 g/mol. The molecule has 0 saturated heterocycles. The van der Waals surface area contributed by atoms with Crippen LogP contribution in [0.1, 0.15) is 43.3 Å². The molecule has 2 rings (SSSR count). The van der Waals surface area contributed by atoms with Gasteiger partial charge in [0.15, 0.2) is 0 Å². The van der Waals surface area contributed by atoms with E-state index in [1.54, 1.807) is 0 Å². The van der Waals surface area contributed by atoms with Crippen LogP contribution in [0.15, 0.2) is 22.7 Å². The van der Waals surface area contributed by atoms with Gasteiger partial charge in [-0.05, 0) is 50.6 Å². The number of hydrogen-bond acceptors (Lipinski definition) is 3. The topological polar surface area (TPSA) is 42.7 Å². The Morgan fingerprint density at radius 3 is 2.60 bits per heavy atom. The smallest absolute Gasteiger partial charge is 0.103 e. The van der Waals surface area contributed by atoms with Gasteiger partial charge in [0.1, 0.15) is 5.69 Å². The lowest BCUT2D eigenvalue weighted by Crippen LogP contribution is -2.17. The fourth-order valence-electron chi connectivity index (χ4n) is 2.50. The highest BCUT2D eigenvalue weighted by Crippen LogP contribution is 2.24. The first-order chi connectivity index (χ1) is 9.60. The lowest BCUT2D eigenvalue weighted by Gasteiger charge is -2.13. The van der Waals surface area contributed by atoms with E-state index in [0.29, 0.717) is 0 Å². The predicted octanol–water partition coefficient (Wildman–Crippen LogP) is 3.57. The van der Waals surface area contributed by atoms with E-state index in [-0.39, 0.29) is 6.04 Å². The summed E-state index contributed by atoms with van der Waals surface area (Å²) in [6.07, 6.45) is 1.91. The lowest BCUT2D eigenvalue weighted by molar-refractivity contribution is 0.555. The maximum Gasteiger partial charge on any atom is 0.103 e. The van der Waals surface area contributed by atoms with E-state index in [0.717, 1.165) is 28.7 Å². The van der Waals surface area contributed by atoms with Gasteiger partial charge in [0.25, 0.3) is 0 Å². The maximum absolute atomic E-state index is 4.40. The van der Waals surface area contributed by atoms with Gasteiger partial charge in [-0.3, -0.25) is 0 Å². The van der Waals surface area contributed by atoms with Crippen LogP contribution in [-0.2, 0) is 6.42 Å². The van der Waals surface area contributed by atoms with Crippen LogP contribution in [0.4, 0.5) is 0 Å². The SMILES string of the molecule is CCc1c(C(CC)NC)nnn1-c1cc(C)cc(Br)c1. The Morgan fingerprint density at radius 2 is 2.05 bits per heavy atom. The molecular formula is C15H21BrN4. The lowest BCUT2D eigenvalue weighted by atomic mass is 10.1. The first kappa shape index (κ1) is 15.2. The summed E-state index contributed by atoms with van der Waals surface area (Å²) in [5.74, 6) is 0. The molecule has 20 heavy (non-hydrogen) atoms. The monoisotopic (exact) mass is 336 g/mol. The summed E-state index contributed by atoms with van der Waals surface area (Å²) in [4.78, 5) is 0. The molecular weight excluding hydrogens is 316 g/mol. The summed E-state index contributed by atoms with van der Waals surface area (Å²) in [5.41, 5.74) is 4.48. The molecule has 1 unspecified atom stereocenters. The largest absolute Gasteiger partial charge is 0.312 e. The zero-order chi connectivity index (χ0) is 14.7. The molecule has 0 spiro atoms. The van der Waals surface area contributed by atoms with E-state index >= 15 is 0 Å². The zero-order valence-corrected chi connectivity index (χ0v) is 14.0. The fourth-order valence-corrected chi connectivity index (χ4v) is 3.09. The highest BCUT2D eigenvalue weighted by atomic mass is 79.9. The molecule has 0 radical (unpaired) electrons.